The van der Waals surface area contributed by atoms with Gasteiger partial charge in [0.25, 0.3) is 5.91 Å². The highest BCUT2D eigenvalue weighted by atomic mass is 16.5. The van der Waals surface area contributed by atoms with E-state index in [1.54, 1.807) is 37.3 Å². The number of rotatable bonds is 3. The van der Waals surface area contributed by atoms with Gasteiger partial charge in [-0.3, -0.25) is 14.6 Å². The van der Waals surface area contributed by atoms with Gasteiger partial charge in [-0.05, 0) is 18.6 Å². The number of likely N-dealkylation sites (N-methyl/N-ethyl adjacent to an activating group) is 1. The third kappa shape index (κ3) is 3.14. The number of pyridine rings is 1. The first-order chi connectivity index (χ1) is 9.55. The minimum atomic E-state index is -0.975. The summed E-state index contributed by atoms with van der Waals surface area (Å²) < 4.78 is 5.53. The number of nitrogens with zero attached hydrogens (tertiary/aromatic N) is 2. The topological polar surface area (TPSA) is 71.5 Å². The van der Waals surface area contributed by atoms with Crippen molar-refractivity contribution >= 4 is 11.8 Å². The molecule has 2 rings (SSSR count). The number of nitrogens with one attached hydrogen (secondary N) is 1. The lowest BCUT2D eigenvalue weighted by Gasteiger charge is -2.39. The van der Waals surface area contributed by atoms with Crippen LogP contribution in [0.5, 0.6) is 0 Å². The van der Waals surface area contributed by atoms with Gasteiger partial charge in [-0.15, -0.1) is 0 Å². The summed E-state index contributed by atoms with van der Waals surface area (Å²) in [5, 5.41) is 2.57. The molecule has 0 saturated carbocycles. The standard InChI is InChI=1S/C14H19N3O3/c1-14(13(19)15-2)10-17(6-7-20-14)12(18)8-11-4-3-5-16-9-11/h3-5,9H,6-8,10H2,1-2H3,(H,15,19)/t14-/m1/s1. The van der Waals surface area contributed by atoms with Crippen LogP contribution in [0.2, 0.25) is 0 Å². The molecule has 0 radical (unpaired) electrons. The van der Waals surface area contributed by atoms with E-state index in [0.717, 1.165) is 5.56 Å². The Morgan fingerprint density at radius 1 is 1.55 bits per heavy atom. The third-order valence-corrected chi connectivity index (χ3v) is 3.41. The molecule has 0 spiro atoms. The molecule has 20 heavy (non-hydrogen) atoms. The number of ether oxygens (including phenoxy) is 1. The SMILES string of the molecule is CNC(=O)[C@@]1(C)CN(C(=O)Cc2cccnc2)CCO1. The molecule has 1 aromatic rings. The first-order valence-electron chi connectivity index (χ1n) is 6.58. The van der Waals surface area contributed by atoms with E-state index in [-0.39, 0.29) is 24.8 Å². The normalized spacial score (nSPS) is 22.4. The van der Waals surface area contributed by atoms with E-state index < -0.39 is 5.60 Å². The van der Waals surface area contributed by atoms with E-state index in [1.807, 2.05) is 6.07 Å². The van der Waals surface area contributed by atoms with E-state index in [9.17, 15) is 9.59 Å². The van der Waals surface area contributed by atoms with Crippen molar-refractivity contribution in [2.75, 3.05) is 26.7 Å². The molecule has 0 aromatic carbocycles. The van der Waals surface area contributed by atoms with Crippen LogP contribution in [0.4, 0.5) is 0 Å². The average molecular weight is 277 g/mol. The Balaban J connectivity index is 2.02. The lowest BCUT2D eigenvalue weighted by Crippen LogP contribution is -2.59. The highest BCUT2D eigenvalue weighted by molar-refractivity contribution is 5.86. The molecule has 1 aliphatic rings. The first kappa shape index (κ1) is 14.5. The molecule has 6 nitrogen and oxygen atoms in total. The van der Waals surface area contributed by atoms with Crippen LogP contribution >= 0.6 is 0 Å². The molecule has 1 aliphatic heterocycles. The van der Waals surface area contributed by atoms with Crippen molar-refractivity contribution < 1.29 is 14.3 Å². The molecular formula is C14H19N3O3. The quantitative estimate of drug-likeness (QED) is 0.843. The average Bonchev–Trinajstić information content (AvgIpc) is 2.47. The number of amides is 2. The predicted molar refractivity (Wildman–Crippen MR) is 72.9 cm³/mol. The van der Waals surface area contributed by atoms with Crippen LogP contribution in [0.15, 0.2) is 24.5 Å². The molecule has 0 bridgehead atoms. The van der Waals surface area contributed by atoms with E-state index in [0.29, 0.717) is 13.2 Å². The molecule has 0 aliphatic carbocycles. The van der Waals surface area contributed by atoms with E-state index in [2.05, 4.69) is 10.3 Å². The zero-order valence-electron chi connectivity index (χ0n) is 11.8. The summed E-state index contributed by atoms with van der Waals surface area (Å²) in [5.74, 6) is -0.229. The van der Waals surface area contributed by atoms with Crippen LogP contribution in [0.1, 0.15) is 12.5 Å². The largest absolute Gasteiger partial charge is 0.362 e. The molecular weight excluding hydrogens is 258 g/mol. The van der Waals surface area contributed by atoms with Gasteiger partial charge in [-0.2, -0.15) is 0 Å². The Bertz CT molecular complexity index is 492. The summed E-state index contributed by atoms with van der Waals surface area (Å²) in [6, 6.07) is 3.67. The molecule has 1 saturated heterocycles. The van der Waals surface area contributed by atoms with E-state index in [1.165, 1.54) is 0 Å². The fraction of sp³-hybridized carbons (Fsp3) is 0.500. The summed E-state index contributed by atoms with van der Waals surface area (Å²) in [6.45, 7) is 2.84. The van der Waals surface area contributed by atoms with Crippen molar-refractivity contribution in [3.63, 3.8) is 0 Å². The Hall–Kier alpha value is -1.95. The lowest BCUT2D eigenvalue weighted by atomic mass is 10.0. The summed E-state index contributed by atoms with van der Waals surface area (Å²) in [5.41, 5.74) is -0.108. The van der Waals surface area contributed by atoms with Gasteiger partial charge in [0.15, 0.2) is 5.60 Å². The van der Waals surface area contributed by atoms with Crippen molar-refractivity contribution in [3.8, 4) is 0 Å². The minimum absolute atomic E-state index is 0.0172. The van der Waals surface area contributed by atoms with Crippen molar-refractivity contribution in [2.45, 2.75) is 18.9 Å². The van der Waals surface area contributed by atoms with Gasteiger partial charge in [0.2, 0.25) is 5.91 Å². The fourth-order valence-corrected chi connectivity index (χ4v) is 2.27. The molecule has 0 unspecified atom stereocenters. The summed E-state index contributed by atoms with van der Waals surface area (Å²) in [7, 11) is 1.56. The third-order valence-electron chi connectivity index (χ3n) is 3.41. The second-order valence-corrected chi connectivity index (χ2v) is 5.01. The van der Waals surface area contributed by atoms with Gasteiger partial charge in [0, 0.05) is 26.0 Å². The van der Waals surface area contributed by atoms with Crippen molar-refractivity contribution in [3.05, 3.63) is 30.1 Å². The smallest absolute Gasteiger partial charge is 0.253 e. The Morgan fingerprint density at radius 2 is 2.35 bits per heavy atom. The first-order valence-corrected chi connectivity index (χ1v) is 6.58. The van der Waals surface area contributed by atoms with Crippen LogP contribution in [-0.2, 0) is 20.7 Å². The van der Waals surface area contributed by atoms with Crippen LogP contribution in [0, 0.1) is 0 Å². The molecule has 2 heterocycles. The van der Waals surface area contributed by atoms with Gasteiger partial charge < -0.3 is 15.0 Å². The molecule has 1 N–H and O–H groups in total. The molecule has 1 fully saturated rings. The zero-order valence-corrected chi connectivity index (χ0v) is 11.8. The number of carbonyl (C=O) groups excluding carboxylic acids is 2. The predicted octanol–water partition coefficient (Wildman–Crippen LogP) is -0.0124. The number of carbonyl (C=O) groups is 2. The van der Waals surface area contributed by atoms with E-state index in [4.69, 9.17) is 4.74 Å². The number of aromatic nitrogens is 1. The highest BCUT2D eigenvalue weighted by Gasteiger charge is 2.40. The molecule has 1 aromatic heterocycles. The second kappa shape index (κ2) is 6.00. The maximum atomic E-state index is 12.3. The second-order valence-electron chi connectivity index (χ2n) is 5.01. The number of hydrogen-bond donors (Lipinski definition) is 1. The van der Waals surface area contributed by atoms with Crippen molar-refractivity contribution in [2.24, 2.45) is 0 Å². The summed E-state index contributed by atoms with van der Waals surface area (Å²) in [6.07, 6.45) is 3.64. The van der Waals surface area contributed by atoms with Gasteiger partial charge in [0.1, 0.15) is 0 Å². The molecule has 2 amide bonds. The fourth-order valence-electron chi connectivity index (χ4n) is 2.27. The molecule has 6 heteroatoms. The zero-order chi connectivity index (χ0) is 14.6. The van der Waals surface area contributed by atoms with Crippen LogP contribution < -0.4 is 5.32 Å². The van der Waals surface area contributed by atoms with Gasteiger partial charge in [-0.1, -0.05) is 6.07 Å². The number of hydrogen-bond acceptors (Lipinski definition) is 4. The van der Waals surface area contributed by atoms with Crippen LogP contribution in [-0.4, -0.2) is 54.0 Å². The lowest BCUT2D eigenvalue weighted by molar-refractivity contribution is -0.162. The Kier molecular flexibility index (Phi) is 4.34. The van der Waals surface area contributed by atoms with Crippen LogP contribution in [0.3, 0.4) is 0 Å². The van der Waals surface area contributed by atoms with Gasteiger partial charge in [-0.25, -0.2) is 0 Å². The maximum Gasteiger partial charge on any atom is 0.253 e. The van der Waals surface area contributed by atoms with Gasteiger partial charge in [0.05, 0.1) is 19.6 Å². The van der Waals surface area contributed by atoms with Gasteiger partial charge >= 0.3 is 0 Å². The minimum Gasteiger partial charge on any atom is -0.362 e. The van der Waals surface area contributed by atoms with Crippen molar-refractivity contribution in [1.29, 1.82) is 0 Å². The molecule has 1 atom stereocenters. The molecule has 108 valence electrons. The Labute approximate surface area is 118 Å². The monoisotopic (exact) mass is 277 g/mol. The van der Waals surface area contributed by atoms with E-state index >= 15 is 0 Å². The highest BCUT2D eigenvalue weighted by Crippen LogP contribution is 2.18. The Morgan fingerprint density at radius 3 is 3.00 bits per heavy atom. The summed E-state index contributed by atoms with van der Waals surface area (Å²) >= 11 is 0. The maximum absolute atomic E-state index is 12.3. The van der Waals surface area contributed by atoms with Crippen LogP contribution in [0.25, 0.3) is 0 Å². The summed E-state index contributed by atoms with van der Waals surface area (Å²) in [4.78, 5) is 29.8. The van der Waals surface area contributed by atoms with Crippen molar-refractivity contribution in [1.82, 2.24) is 15.2 Å². The number of morpholine rings is 1.